The van der Waals surface area contributed by atoms with E-state index in [0.29, 0.717) is 5.69 Å². The van der Waals surface area contributed by atoms with Crippen LogP contribution < -0.4 is 0 Å². The van der Waals surface area contributed by atoms with E-state index in [1.807, 2.05) is 12.1 Å². The van der Waals surface area contributed by atoms with E-state index in [4.69, 9.17) is 0 Å². The lowest BCUT2D eigenvalue weighted by Gasteiger charge is -1.93. The molecule has 1 aromatic heterocycles. The fraction of sp³-hybridized carbons (Fsp3) is 0. The molecule has 0 bridgehead atoms. The molecular formula is C11H7BrN2O2S. The number of non-ortho nitro benzene ring substituents is 1. The predicted molar refractivity (Wildman–Crippen MR) is 72.4 cm³/mol. The Kier molecular flexibility index (Phi) is 3.65. The molecule has 0 atom stereocenters. The lowest BCUT2D eigenvalue weighted by atomic mass is 10.3. The Balaban J connectivity index is 2.21. The Hall–Kier alpha value is -1.53. The topological polar surface area (TPSA) is 55.5 Å². The van der Waals surface area contributed by atoms with E-state index < -0.39 is 4.92 Å². The molecule has 1 aromatic carbocycles. The van der Waals surface area contributed by atoms with Crippen LogP contribution in [0.4, 0.5) is 11.4 Å². The maximum atomic E-state index is 10.6. The second-order valence-electron chi connectivity index (χ2n) is 3.18. The Morgan fingerprint density at radius 1 is 1.35 bits per heavy atom. The van der Waals surface area contributed by atoms with Crippen molar-refractivity contribution >= 4 is 44.9 Å². The van der Waals surface area contributed by atoms with Crippen LogP contribution in [0.25, 0.3) is 0 Å². The molecule has 1 heterocycles. The van der Waals surface area contributed by atoms with Gasteiger partial charge in [0.05, 0.1) is 14.4 Å². The summed E-state index contributed by atoms with van der Waals surface area (Å²) in [6.45, 7) is 0. The van der Waals surface area contributed by atoms with E-state index in [2.05, 4.69) is 20.9 Å². The lowest BCUT2D eigenvalue weighted by Crippen LogP contribution is -1.86. The monoisotopic (exact) mass is 310 g/mol. The number of hydrogen-bond donors (Lipinski definition) is 0. The smallest absolute Gasteiger partial charge is 0.258 e. The third-order valence-electron chi connectivity index (χ3n) is 1.98. The van der Waals surface area contributed by atoms with Gasteiger partial charge in [0.25, 0.3) is 5.69 Å². The van der Waals surface area contributed by atoms with Crippen molar-refractivity contribution in [3.8, 4) is 0 Å². The molecule has 0 fully saturated rings. The summed E-state index contributed by atoms with van der Waals surface area (Å²) < 4.78 is 1.03. The Bertz CT molecular complexity index is 580. The second-order valence-corrected chi connectivity index (χ2v) is 5.67. The van der Waals surface area contributed by atoms with Gasteiger partial charge in [0.15, 0.2) is 0 Å². The van der Waals surface area contributed by atoms with Crippen LogP contribution in [-0.4, -0.2) is 11.1 Å². The third-order valence-corrected chi connectivity index (χ3v) is 3.53. The first-order valence-electron chi connectivity index (χ1n) is 4.69. The molecule has 0 aliphatic rings. The Morgan fingerprint density at radius 2 is 2.18 bits per heavy atom. The van der Waals surface area contributed by atoms with Crippen molar-refractivity contribution in [3.05, 3.63) is 55.2 Å². The number of thiophene rings is 1. The first-order chi connectivity index (χ1) is 8.15. The average molecular weight is 311 g/mol. The molecule has 0 saturated heterocycles. The number of benzene rings is 1. The van der Waals surface area contributed by atoms with Crippen LogP contribution in [-0.2, 0) is 0 Å². The van der Waals surface area contributed by atoms with Crippen molar-refractivity contribution in [2.45, 2.75) is 0 Å². The first kappa shape index (κ1) is 11.9. The van der Waals surface area contributed by atoms with Gasteiger partial charge in [-0.25, -0.2) is 0 Å². The zero-order chi connectivity index (χ0) is 12.3. The maximum absolute atomic E-state index is 10.6. The molecule has 0 aliphatic heterocycles. The van der Waals surface area contributed by atoms with Gasteiger partial charge < -0.3 is 0 Å². The zero-order valence-electron chi connectivity index (χ0n) is 8.54. The van der Waals surface area contributed by atoms with Gasteiger partial charge in [0.2, 0.25) is 0 Å². The average Bonchev–Trinajstić information content (AvgIpc) is 2.73. The highest BCUT2D eigenvalue weighted by Crippen LogP contribution is 2.23. The first-order valence-corrected chi connectivity index (χ1v) is 6.30. The molecule has 0 unspecified atom stereocenters. The SMILES string of the molecule is O=[N+]([O-])c1cccc(N=Cc2ccc(Br)s2)c1. The van der Waals surface area contributed by atoms with E-state index in [-0.39, 0.29) is 5.69 Å². The van der Waals surface area contributed by atoms with Crippen molar-refractivity contribution < 1.29 is 4.92 Å². The van der Waals surface area contributed by atoms with Crippen molar-refractivity contribution in [2.24, 2.45) is 4.99 Å². The van der Waals surface area contributed by atoms with E-state index in [1.54, 1.807) is 29.7 Å². The number of halogens is 1. The molecule has 0 amide bonds. The van der Waals surface area contributed by atoms with Gasteiger partial charge in [-0.05, 0) is 34.1 Å². The van der Waals surface area contributed by atoms with Crippen LogP contribution in [0.1, 0.15) is 4.88 Å². The fourth-order valence-corrected chi connectivity index (χ4v) is 2.52. The minimum Gasteiger partial charge on any atom is -0.258 e. The molecule has 0 saturated carbocycles. The fourth-order valence-electron chi connectivity index (χ4n) is 1.22. The van der Waals surface area contributed by atoms with Crippen LogP contribution in [0.2, 0.25) is 0 Å². The lowest BCUT2D eigenvalue weighted by molar-refractivity contribution is -0.384. The summed E-state index contributed by atoms with van der Waals surface area (Å²) in [7, 11) is 0. The largest absolute Gasteiger partial charge is 0.271 e. The number of nitrogens with zero attached hydrogens (tertiary/aromatic N) is 2. The highest BCUT2D eigenvalue weighted by atomic mass is 79.9. The van der Waals surface area contributed by atoms with Crippen molar-refractivity contribution in [1.82, 2.24) is 0 Å². The van der Waals surface area contributed by atoms with Crippen LogP contribution in [0.3, 0.4) is 0 Å². The van der Waals surface area contributed by atoms with Crippen LogP contribution in [0.15, 0.2) is 45.2 Å². The summed E-state index contributed by atoms with van der Waals surface area (Å²) in [4.78, 5) is 15.3. The van der Waals surface area contributed by atoms with Crippen molar-refractivity contribution in [3.63, 3.8) is 0 Å². The Labute approximate surface area is 110 Å². The van der Waals surface area contributed by atoms with Gasteiger partial charge in [-0.15, -0.1) is 11.3 Å². The van der Waals surface area contributed by atoms with Gasteiger partial charge in [-0.1, -0.05) is 6.07 Å². The second kappa shape index (κ2) is 5.20. The number of aliphatic imine (C=N–C) groups is 1. The number of nitro groups is 1. The molecule has 0 radical (unpaired) electrons. The van der Waals surface area contributed by atoms with Gasteiger partial charge >= 0.3 is 0 Å². The molecule has 6 heteroatoms. The van der Waals surface area contributed by atoms with Gasteiger partial charge in [0, 0.05) is 23.2 Å². The maximum Gasteiger partial charge on any atom is 0.271 e. The van der Waals surface area contributed by atoms with Crippen LogP contribution >= 0.6 is 27.3 Å². The normalized spacial score (nSPS) is 10.9. The van der Waals surface area contributed by atoms with Crippen LogP contribution in [0, 0.1) is 10.1 Å². The Morgan fingerprint density at radius 3 is 2.82 bits per heavy atom. The summed E-state index contributed by atoms with van der Waals surface area (Å²) >= 11 is 4.91. The summed E-state index contributed by atoms with van der Waals surface area (Å²) in [5.41, 5.74) is 0.621. The highest BCUT2D eigenvalue weighted by Gasteiger charge is 2.04. The summed E-state index contributed by atoms with van der Waals surface area (Å²) in [5.74, 6) is 0. The molecular weight excluding hydrogens is 304 g/mol. The van der Waals surface area contributed by atoms with E-state index >= 15 is 0 Å². The number of rotatable bonds is 3. The molecule has 0 spiro atoms. The van der Waals surface area contributed by atoms with E-state index in [1.165, 1.54) is 12.1 Å². The summed E-state index contributed by atoms with van der Waals surface area (Å²) in [6, 6.07) is 10.1. The number of nitro benzene ring substituents is 1. The molecule has 17 heavy (non-hydrogen) atoms. The minimum atomic E-state index is -0.430. The molecule has 0 aliphatic carbocycles. The standard InChI is InChI=1S/C11H7BrN2O2S/c12-11-5-4-10(17-11)7-13-8-2-1-3-9(6-8)14(15)16/h1-7H. The van der Waals surface area contributed by atoms with Gasteiger partial charge in [-0.2, -0.15) is 0 Å². The van der Waals surface area contributed by atoms with Gasteiger partial charge in [-0.3, -0.25) is 15.1 Å². The minimum absolute atomic E-state index is 0.0482. The summed E-state index contributed by atoms with van der Waals surface area (Å²) in [6.07, 6.45) is 1.69. The molecule has 0 N–H and O–H groups in total. The number of hydrogen-bond acceptors (Lipinski definition) is 4. The third kappa shape index (κ3) is 3.21. The zero-order valence-corrected chi connectivity index (χ0v) is 10.9. The molecule has 86 valence electrons. The summed E-state index contributed by atoms with van der Waals surface area (Å²) in [5, 5.41) is 10.6. The molecule has 4 nitrogen and oxygen atoms in total. The van der Waals surface area contributed by atoms with E-state index in [0.717, 1.165) is 8.66 Å². The van der Waals surface area contributed by atoms with Crippen molar-refractivity contribution in [1.29, 1.82) is 0 Å². The van der Waals surface area contributed by atoms with E-state index in [9.17, 15) is 10.1 Å². The predicted octanol–water partition coefficient (Wildman–Crippen LogP) is 4.17. The quantitative estimate of drug-likeness (QED) is 0.485. The van der Waals surface area contributed by atoms with Crippen molar-refractivity contribution in [2.75, 3.05) is 0 Å². The van der Waals surface area contributed by atoms with Gasteiger partial charge in [0.1, 0.15) is 0 Å². The highest BCUT2D eigenvalue weighted by molar-refractivity contribution is 9.11. The molecule has 2 rings (SSSR count). The van der Waals surface area contributed by atoms with Crippen LogP contribution in [0.5, 0.6) is 0 Å². The molecule has 2 aromatic rings.